The molecular weight excluding hydrogens is 264 g/mol. The Hall–Kier alpha value is -1.22. The first-order valence-electron chi connectivity index (χ1n) is 9.09. The fraction of sp³-hybridized carbons (Fsp3) is 0.636. The molecule has 0 atom stereocenters. The van der Waals surface area contributed by atoms with Gasteiger partial charge in [0.1, 0.15) is 0 Å². The van der Waals surface area contributed by atoms with Crippen LogP contribution in [-0.4, -0.2) is 0 Å². The molecule has 22 heavy (non-hydrogen) atoms. The maximum atomic E-state index is 5.45. The lowest BCUT2D eigenvalue weighted by Gasteiger charge is -2.44. The molecular formula is C22H32. The maximum Gasteiger partial charge on any atom is 0.0242 e. The van der Waals surface area contributed by atoms with Crippen molar-refractivity contribution in [2.24, 2.45) is 17.3 Å². The molecule has 0 bridgehead atoms. The van der Waals surface area contributed by atoms with Gasteiger partial charge >= 0.3 is 0 Å². The highest BCUT2D eigenvalue weighted by Gasteiger charge is 2.37. The minimum Gasteiger partial charge on any atom is -0.115 e. The molecule has 1 fully saturated rings. The number of hydrogen-bond acceptors (Lipinski definition) is 0. The molecule has 0 spiro atoms. The van der Waals surface area contributed by atoms with Crippen LogP contribution in [0.5, 0.6) is 0 Å². The molecule has 0 saturated heterocycles. The molecule has 1 aliphatic carbocycles. The van der Waals surface area contributed by atoms with E-state index in [1.54, 1.807) is 0 Å². The summed E-state index contributed by atoms with van der Waals surface area (Å²) in [4.78, 5) is 0. The van der Waals surface area contributed by atoms with Gasteiger partial charge in [0.25, 0.3) is 0 Å². The lowest BCUT2D eigenvalue weighted by Crippen LogP contribution is -2.34. The van der Waals surface area contributed by atoms with E-state index in [0.717, 1.165) is 23.3 Å². The average Bonchev–Trinajstić information content (AvgIpc) is 2.56. The summed E-state index contributed by atoms with van der Waals surface area (Å²) in [7, 11) is 0. The quantitative estimate of drug-likeness (QED) is 0.551. The summed E-state index contributed by atoms with van der Waals surface area (Å²) in [5.41, 5.74) is 2.96. The fourth-order valence-electron chi connectivity index (χ4n) is 4.70. The zero-order chi connectivity index (χ0) is 16.2. The Kier molecular flexibility index (Phi) is 5.74. The van der Waals surface area contributed by atoms with Crippen LogP contribution in [0.25, 0.3) is 0 Å². The predicted molar refractivity (Wildman–Crippen MR) is 96.9 cm³/mol. The van der Waals surface area contributed by atoms with E-state index in [1.165, 1.54) is 44.1 Å². The molecule has 0 amide bonds. The maximum absolute atomic E-state index is 5.45. The van der Waals surface area contributed by atoms with Gasteiger partial charge in [-0.2, -0.15) is 0 Å². The standard InChI is InChI=1S/C22H32/c1-6-17-9-11-18(12-10-17)19-13-15-21(16-14-19)22(4,5)20(7-2)8-3/h1,9-12,19-21H,7-8,13-16H2,2-5H3. The van der Waals surface area contributed by atoms with Crippen LogP contribution in [0, 0.1) is 29.6 Å². The van der Waals surface area contributed by atoms with Crippen LogP contribution in [0.1, 0.15) is 83.3 Å². The van der Waals surface area contributed by atoms with Gasteiger partial charge in [0, 0.05) is 5.56 Å². The van der Waals surface area contributed by atoms with Crippen molar-refractivity contribution in [3.63, 3.8) is 0 Å². The van der Waals surface area contributed by atoms with Gasteiger partial charge in [-0.05, 0) is 66.5 Å². The van der Waals surface area contributed by atoms with Crippen molar-refractivity contribution in [3.05, 3.63) is 35.4 Å². The molecule has 1 aromatic carbocycles. The summed E-state index contributed by atoms with van der Waals surface area (Å²) < 4.78 is 0. The van der Waals surface area contributed by atoms with Crippen LogP contribution in [-0.2, 0) is 0 Å². The van der Waals surface area contributed by atoms with Crippen LogP contribution >= 0.6 is 0 Å². The van der Waals surface area contributed by atoms with E-state index in [0.29, 0.717) is 5.41 Å². The van der Waals surface area contributed by atoms with Crippen LogP contribution < -0.4 is 0 Å². The number of rotatable bonds is 5. The van der Waals surface area contributed by atoms with E-state index in [1.807, 2.05) is 0 Å². The highest BCUT2D eigenvalue weighted by molar-refractivity contribution is 5.35. The molecule has 0 aliphatic heterocycles. The highest BCUT2D eigenvalue weighted by Crippen LogP contribution is 2.48. The summed E-state index contributed by atoms with van der Waals surface area (Å²) >= 11 is 0. The van der Waals surface area contributed by atoms with Crippen molar-refractivity contribution >= 4 is 0 Å². The molecule has 1 aromatic rings. The second-order valence-corrected chi connectivity index (χ2v) is 7.65. The van der Waals surface area contributed by atoms with E-state index >= 15 is 0 Å². The third-order valence-corrected chi connectivity index (χ3v) is 6.37. The average molecular weight is 296 g/mol. The molecule has 0 heterocycles. The van der Waals surface area contributed by atoms with Gasteiger partial charge < -0.3 is 0 Å². The fourth-order valence-corrected chi connectivity index (χ4v) is 4.70. The molecule has 2 rings (SSSR count). The Morgan fingerprint density at radius 3 is 2.05 bits per heavy atom. The van der Waals surface area contributed by atoms with E-state index in [-0.39, 0.29) is 0 Å². The summed E-state index contributed by atoms with van der Waals surface area (Å²) in [6.45, 7) is 9.73. The zero-order valence-electron chi connectivity index (χ0n) is 14.9. The van der Waals surface area contributed by atoms with Crippen molar-refractivity contribution in [1.82, 2.24) is 0 Å². The van der Waals surface area contributed by atoms with E-state index in [2.05, 4.69) is 57.9 Å². The summed E-state index contributed by atoms with van der Waals surface area (Å²) in [5.74, 6) is 5.20. The van der Waals surface area contributed by atoms with Crippen LogP contribution in [0.15, 0.2) is 24.3 Å². The van der Waals surface area contributed by atoms with Gasteiger partial charge in [0.2, 0.25) is 0 Å². The summed E-state index contributed by atoms with van der Waals surface area (Å²) in [6, 6.07) is 8.67. The smallest absolute Gasteiger partial charge is 0.0242 e. The van der Waals surface area contributed by atoms with E-state index < -0.39 is 0 Å². The molecule has 0 N–H and O–H groups in total. The monoisotopic (exact) mass is 296 g/mol. The molecule has 0 unspecified atom stereocenters. The Morgan fingerprint density at radius 2 is 1.59 bits per heavy atom. The Balaban J connectivity index is 1.99. The Labute approximate surface area is 137 Å². The molecule has 0 nitrogen and oxygen atoms in total. The SMILES string of the molecule is C#Cc1ccc(C2CCC(C(C)(C)C(CC)CC)CC2)cc1. The first-order chi connectivity index (χ1) is 10.5. The van der Waals surface area contributed by atoms with Crippen LogP contribution in [0.2, 0.25) is 0 Å². The van der Waals surface area contributed by atoms with E-state index in [4.69, 9.17) is 6.42 Å². The molecule has 1 saturated carbocycles. The first-order valence-corrected chi connectivity index (χ1v) is 9.09. The van der Waals surface area contributed by atoms with Gasteiger partial charge in [0.15, 0.2) is 0 Å². The molecule has 0 aromatic heterocycles. The van der Waals surface area contributed by atoms with Crippen molar-refractivity contribution < 1.29 is 0 Å². The first kappa shape index (κ1) is 17.1. The predicted octanol–water partition coefficient (Wildman–Crippen LogP) is 6.40. The number of benzene rings is 1. The van der Waals surface area contributed by atoms with Crippen molar-refractivity contribution in [3.8, 4) is 12.3 Å². The second-order valence-electron chi connectivity index (χ2n) is 7.65. The number of terminal acetylenes is 1. The molecule has 1 aliphatic rings. The van der Waals surface area contributed by atoms with Crippen molar-refractivity contribution in [2.45, 2.75) is 72.1 Å². The number of hydrogen-bond donors (Lipinski definition) is 0. The topological polar surface area (TPSA) is 0 Å². The lowest BCUT2D eigenvalue weighted by molar-refractivity contribution is 0.0724. The van der Waals surface area contributed by atoms with Crippen molar-refractivity contribution in [1.29, 1.82) is 0 Å². The van der Waals surface area contributed by atoms with Gasteiger partial charge in [0.05, 0.1) is 0 Å². The lowest BCUT2D eigenvalue weighted by atomic mass is 9.61. The van der Waals surface area contributed by atoms with Gasteiger partial charge in [-0.1, -0.05) is 58.6 Å². The molecule has 120 valence electrons. The van der Waals surface area contributed by atoms with E-state index in [9.17, 15) is 0 Å². The third kappa shape index (κ3) is 3.57. The minimum absolute atomic E-state index is 0.488. The molecule has 0 radical (unpaired) electrons. The van der Waals surface area contributed by atoms with Crippen LogP contribution in [0.4, 0.5) is 0 Å². The Bertz CT molecular complexity index is 488. The molecule has 0 heteroatoms. The van der Waals surface area contributed by atoms with Crippen LogP contribution in [0.3, 0.4) is 0 Å². The Morgan fingerprint density at radius 1 is 1.05 bits per heavy atom. The van der Waals surface area contributed by atoms with Gasteiger partial charge in [-0.3, -0.25) is 0 Å². The normalized spacial score (nSPS) is 22.5. The highest BCUT2D eigenvalue weighted by atomic mass is 14.4. The van der Waals surface area contributed by atoms with Crippen molar-refractivity contribution in [2.75, 3.05) is 0 Å². The van der Waals surface area contributed by atoms with Gasteiger partial charge in [-0.15, -0.1) is 6.42 Å². The zero-order valence-corrected chi connectivity index (χ0v) is 14.9. The summed E-state index contributed by atoms with van der Waals surface area (Å²) in [5, 5.41) is 0. The van der Waals surface area contributed by atoms with Gasteiger partial charge in [-0.25, -0.2) is 0 Å². The third-order valence-electron chi connectivity index (χ3n) is 6.37. The minimum atomic E-state index is 0.488. The largest absolute Gasteiger partial charge is 0.115 e. The second kappa shape index (κ2) is 7.36. The summed E-state index contributed by atoms with van der Waals surface area (Å²) in [6.07, 6.45) is 13.5.